The standard InChI is InChI=1S/C23H23N7O/c1-17-5-6-20(24-15-17)25-21-7-8-22(27-26-21)28-10-12-29(13-11-28)23(31)18-14-19-4-2-3-9-30(19)16-18/h2-9,14-16H,10-13H2,1H3,(H,24,25,26). The van der Waals surface area contributed by atoms with Gasteiger partial charge in [-0.05, 0) is 48.9 Å². The summed E-state index contributed by atoms with van der Waals surface area (Å²) in [4.78, 5) is 21.3. The number of aryl methyl sites for hydroxylation is 1. The van der Waals surface area contributed by atoms with E-state index in [0.717, 1.165) is 41.4 Å². The second kappa shape index (κ2) is 8.06. The van der Waals surface area contributed by atoms with Crippen molar-refractivity contribution in [2.75, 3.05) is 36.4 Å². The van der Waals surface area contributed by atoms with Crippen molar-refractivity contribution in [3.63, 3.8) is 0 Å². The Kier molecular flexibility index (Phi) is 4.95. The maximum atomic E-state index is 12.9. The van der Waals surface area contributed by atoms with Gasteiger partial charge in [0.15, 0.2) is 11.6 Å². The van der Waals surface area contributed by atoms with E-state index in [9.17, 15) is 4.79 Å². The number of anilines is 3. The van der Waals surface area contributed by atoms with Crippen LogP contribution >= 0.6 is 0 Å². The Bertz CT molecular complexity index is 1160. The lowest BCUT2D eigenvalue weighted by Crippen LogP contribution is -2.49. The largest absolute Gasteiger partial charge is 0.352 e. The predicted octanol–water partition coefficient (Wildman–Crippen LogP) is 3.14. The Morgan fingerprint density at radius 3 is 2.52 bits per heavy atom. The van der Waals surface area contributed by atoms with E-state index < -0.39 is 0 Å². The molecule has 0 aliphatic carbocycles. The molecule has 4 aromatic heterocycles. The van der Waals surface area contributed by atoms with Gasteiger partial charge in [-0.15, -0.1) is 10.2 Å². The molecule has 5 rings (SSSR count). The summed E-state index contributed by atoms with van der Waals surface area (Å²) in [5.74, 6) is 2.26. The minimum absolute atomic E-state index is 0.0691. The highest BCUT2D eigenvalue weighted by atomic mass is 16.2. The highest BCUT2D eigenvalue weighted by molar-refractivity contribution is 5.95. The zero-order valence-electron chi connectivity index (χ0n) is 17.3. The zero-order valence-corrected chi connectivity index (χ0v) is 17.3. The molecule has 5 heterocycles. The molecule has 156 valence electrons. The molecule has 0 atom stereocenters. The fourth-order valence-corrected chi connectivity index (χ4v) is 3.73. The van der Waals surface area contributed by atoms with Crippen LogP contribution in [0, 0.1) is 6.92 Å². The summed E-state index contributed by atoms with van der Waals surface area (Å²) >= 11 is 0. The van der Waals surface area contributed by atoms with Crippen molar-refractivity contribution in [3.8, 4) is 0 Å². The van der Waals surface area contributed by atoms with E-state index in [-0.39, 0.29) is 5.91 Å². The molecule has 0 saturated carbocycles. The number of carbonyl (C=O) groups is 1. The molecule has 1 fully saturated rings. The van der Waals surface area contributed by atoms with Crippen LogP contribution < -0.4 is 10.2 Å². The topological polar surface area (TPSA) is 78.7 Å². The molecule has 1 amide bonds. The number of nitrogens with one attached hydrogen (secondary N) is 1. The van der Waals surface area contributed by atoms with Crippen LogP contribution in [0.3, 0.4) is 0 Å². The van der Waals surface area contributed by atoms with Crippen molar-refractivity contribution in [2.45, 2.75) is 6.92 Å². The van der Waals surface area contributed by atoms with Crippen LogP contribution in [0.1, 0.15) is 15.9 Å². The first-order valence-electron chi connectivity index (χ1n) is 10.3. The number of fused-ring (bicyclic) bond motifs is 1. The van der Waals surface area contributed by atoms with Crippen molar-refractivity contribution >= 4 is 28.9 Å². The van der Waals surface area contributed by atoms with Gasteiger partial charge in [-0.1, -0.05) is 12.1 Å². The van der Waals surface area contributed by atoms with Gasteiger partial charge in [0.2, 0.25) is 0 Å². The van der Waals surface area contributed by atoms with Gasteiger partial charge in [0.25, 0.3) is 5.91 Å². The van der Waals surface area contributed by atoms with Crippen LogP contribution in [0.2, 0.25) is 0 Å². The first-order chi connectivity index (χ1) is 15.2. The Morgan fingerprint density at radius 2 is 1.81 bits per heavy atom. The van der Waals surface area contributed by atoms with Gasteiger partial charge in [-0.25, -0.2) is 4.98 Å². The summed E-state index contributed by atoms with van der Waals surface area (Å²) in [6.07, 6.45) is 5.65. The van der Waals surface area contributed by atoms with E-state index in [1.165, 1.54) is 0 Å². The third-order valence-corrected chi connectivity index (χ3v) is 5.46. The Labute approximate surface area is 180 Å². The molecule has 1 N–H and O–H groups in total. The number of amides is 1. The van der Waals surface area contributed by atoms with Crippen LogP contribution in [0.4, 0.5) is 17.5 Å². The molecule has 4 aromatic rings. The van der Waals surface area contributed by atoms with Gasteiger partial charge in [0, 0.05) is 50.3 Å². The molecule has 1 saturated heterocycles. The number of rotatable bonds is 4. The number of aromatic nitrogens is 4. The second-order valence-corrected chi connectivity index (χ2v) is 7.66. The molecule has 31 heavy (non-hydrogen) atoms. The summed E-state index contributed by atoms with van der Waals surface area (Å²) in [6.45, 7) is 4.75. The highest BCUT2D eigenvalue weighted by Gasteiger charge is 2.23. The van der Waals surface area contributed by atoms with Gasteiger partial charge in [-0.3, -0.25) is 4.79 Å². The fraction of sp³-hybridized carbons (Fsp3) is 0.217. The lowest BCUT2D eigenvalue weighted by Gasteiger charge is -2.35. The quantitative estimate of drug-likeness (QED) is 0.554. The van der Waals surface area contributed by atoms with Crippen molar-refractivity contribution in [3.05, 3.63) is 78.2 Å². The van der Waals surface area contributed by atoms with E-state index in [1.54, 1.807) is 0 Å². The van der Waals surface area contributed by atoms with Crippen LogP contribution in [0.25, 0.3) is 5.52 Å². The van der Waals surface area contributed by atoms with E-state index in [1.807, 2.05) is 83.3 Å². The van der Waals surface area contributed by atoms with E-state index in [0.29, 0.717) is 18.9 Å². The maximum Gasteiger partial charge on any atom is 0.255 e. The number of nitrogens with zero attached hydrogens (tertiary/aromatic N) is 6. The van der Waals surface area contributed by atoms with E-state index >= 15 is 0 Å². The predicted molar refractivity (Wildman–Crippen MR) is 120 cm³/mol. The number of carbonyl (C=O) groups excluding carboxylic acids is 1. The lowest BCUT2D eigenvalue weighted by atomic mass is 10.2. The Hall–Kier alpha value is -3.94. The van der Waals surface area contributed by atoms with Gasteiger partial charge in [-0.2, -0.15) is 0 Å². The van der Waals surface area contributed by atoms with Gasteiger partial charge in [0.1, 0.15) is 5.82 Å². The highest BCUT2D eigenvalue weighted by Crippen LogP contribution is 2.18. The lowest BCUT2D eigenvalue weighted by molar-refractivity contribution is 0.0746. The zero-order chi connectivity index (χ0) is 21.2. The number of piperazine rings is 1. The molecule has 8 nitrogen and oxygen atoms in total. The first-order valence-corrected chi connectivity index (χ1v) is 10.3. The summed E-state index contributed by atoms with van der Waals surface area (Å²) in [5, 5.41) is 11.8. The average molecular weight is 413 g/mol. The van der Waals surface area contributed by atoms with Gasteiger partial charge in [0.05, 0.1) is 5.56 Å². The number of hydrogen-bond donors (Lipinski definition) is 1. The number of pyridine rings is 2. The van der Waals surface area contributed by atoms with Crippen molar-refractivity contribution in [2.24, 2.45) is 0 Å². The summed E-state index contributed by atoms with van der Waals surface area (Å²) in [7, 11) is 0. The third kappa shape index (κ3) is 4.05. The number of hydrogen-bond acceptors (Lipinski definition) is 6. The minimum Gasteiger partial charge on any atom is -0.352 e. The normalized spacial score (nSPS) is 14.1. The molecular formula is C23H23N7O. The van der Waals surface area contributed by atoms with Gasteiger partial charge >= 0.3 is 0 Å². The molecular weight excluding hydrogens is 390 g/mol. The monoisotopic (exact) mass is 413 g/mol. The van der Waals surface area contributed by atoms with Crippen LogP contribution in [0.5, 0.6) is 0 Å². The molecule has 0 unspecified atom stereocenters. The molecule has 0 radical (unpaired) electrons. The molecule has 0 spiro atoms. The van der Waals surface area contributed by atoms with Crippen LogP contribution in [-0.2, 0) is 0 Å². The average Bonchev–Trinajstić information content (AvgIpc) is 3.25. The van der Waals surface area contributed by atoms with Crippen molar-refractivity contribution in [1.29, 1.82) is 0 Å². The molecule has 1 aliphatic heterocycles. The smallest absolute Gasteiger partial charge is 0.255 e. The Morgan fingerprint density at radius 1 is 0.968 bits per heavy atom. The van der Waals surface area contributed by atoms with E-state index in [2.05, 4.69) is 25.4 Å². The third-order valence-electron chi connectivity index (χ3n) is 5.46. The van der Waals surface area contributed by atoms with Gasteiger partial charge < -0.3 is 19.5 Å². The first kappa shape index (κ1) is 19.0. The van der Waals surface area contributed by atoms with Crippen LogP contribution in [-0.4, -0.2) is 56.6 Å². The summed E-state index contributed by atoms with van der Waals surface area (Å²) in [6, 6.07) is 15.6. The molecule has 0 aromatic carbocycles. The van der Waals surface area contributed by atoms with Crippen molar-refractivity contribution < 1.29 is 4.79 Å². The molecule has 0 bridgehead atoms. The van der Waals surface area contributed by atoms with Crippen molar-refractivity contribution in [1.82, 2.24) is 24.5 Å². The molecule has 8 heteroatoms. The maximum absolute atomic E-state index is 12.9. The Balaban J connectivity index is 1.20. The summed E-state index contributed by atoms with van der Waals surface area (Å²) in [5.41, 5.74) is 2.85. The van der Waals surface area contributed by atoms with E-state index in [4.69, 9.17) is 0 Å². The SMILES string of the molecule is Cc1ccc(Nc2ccc(N3CCN(C(=O)c4cc5ccccn5c4)CC3)nn2)nc1. The fourth-order valence-electron chi connectivity index (χ4n) is 3.73. The second-order valence-electron chi connectivity index (χ2n) is 7.66. The minimum atomic E-state index is 0.0691. The van der Waals surface area contributed by atoms with Crippen LogP contribution in [0.15, 0.2) is 67.1 Å². The molecule has 1 aliphatic rings. The summed E-state index contributed by atoms with van der Waals surface area (Å²) < 4.78 is 1.97.